The molecule has 0 aliphatic rings. The zero-order chi connectivity index (χ0) is 12.3. The van der Waals surface area contributed by atoms with Crippen molar-refractivity contribution in [3.63, 3.8) is 0 Å². The van der Waals surface area contributed by atoms with E-state index in [1.807, 2.05) is 11.9 Å². The molecule has 3 nitrogen and oxygen atoms in total. The second-order valence-electron chi connectivity index (χ2n) is 4.13. The second kappa shape index (κ2) is 5.08. The van der Waals surface area contributed by atoms with Gasteiger partial charge in [-0.25, -0.2) is 14.4 Å². The van der Waals surface area contributed by atoms with Gasteiger partial charge in [0.05, 0.1) is 5.52 Å². The van der Waals surface area contributed by atoms with Crippen molar-refractivity contribution in [1.82, 2.24) is 9.97 Å². The third-order valence-corrected chi connectivity index (χ3v) is 2.78. The Morgan fingerprint density at radius 3 is 2.88 bits per heavy atom. The van der Waals surface area contributed by atoms with E-state index in [1.165, 1.54) is 18.5 Å². The van der Waals surface area contributed by atoms with Gasteiger partial charge >= 0.3 is 0 Å². The lowest BCUT2D eigenvalue weighted by atomic mass is 10.2. The molecule has 0 unspecified atom stereocenters. The molecular weight excluding hydrogens is 217 g/mol. The summed E-state index contributed by atoms with van der Waals surface area (Å²) in [5.74, 6) is 0.542. The Kier molecular flexibility index (Phi) is 3.52. The molecule has 1 aromatic heterocycles. The van der Waals surface area contributed by atoms with Crippen LogP contribution in [0, 0.1) is 5.82 Å². The first-order chi connectivity index (χ1) is 8.22. The van der Waals surface area contributed by atoms with E-state index in [0.29, 0.717) is 0 Å². The fraction of sp³-hybridized carbons (Fsp3) is 0.385. The number of benzene rings is 1. The first-order valence-electron chi connectivity index (χ1n) is 5.83. The molecule has 0 amide bonds. The van der Waals surface area contributed by atoms with Crippen molar-refractivity contribution in [2.24, 2.45) is 0 Å². The van der Waals surface area contributed by atoms with E-state index in [0.717, 1.165) is 36.1 Å². The minimum Gasteiger partial charge on any atom is -0.359 e. The molecule has 17 heavy (non-hydrogen) atoms. The minimum absolute atomic E-state index is 0.252. The average molecular weight is 233 g/mol. The first-order valence-corrected chi connectivity index (χ1v) is 5.83. The molecule has 0 aliphatic heterocycles. The molecule has 0 fully saturated rings. The van der Waals surface area contributed by atoms with Crippen LogP contribution in [0.2, 0.25) is 0 Å². The maximum atomic E-state index is 13.3. The highest BCUT2D eigenvalue weighted by Crippen LogP contribution is 2.22. The Morgan fingerprint density at radius 2 is 2.12 bits per heavy atom. The molecule has 0 N–H and O–H groups in total. The van der Waals surface area contributed by atoms with Gasteiger partial charge in [0, 0.05) is 19.0 Å². The largest absolute Gasteiger partial charge is 0.359 e. The summed E-state index contributed by atoms with van der Waals surface area (Å²) in [6, 6.07) is 4.60. The highest BCUT2D eigenvalue weighted by Gasteiger charge is 2.08. The molecule has 90 valence electrons. The lowest BCUT2D eigenvalue weighted by Crippen LogP contribution is -2.20. The first kappa shape index (κ1) is 11.8. The summed E-state index contributed by atoms with van der Waals surface area (Å²) in [4.78, 5) is 10.4. The van der Waals surface area contributed by atoms with Crippen molar-refractivity contribution < 1.29 is 4.39 Å². The van der Waals surface area contributed by atoms with Crippen LogP contribution in [-0.4, -0.2) is 23.6 Å². The summed E-state index contributed by atoms with van der Waals surface area (Å²) in [6.07, 6.45) is 3.75. The molecule has 0 saturated heterocycles. The summed E-state index contributed by atoms with van der Waals surface area (Å²) >= 11 is 0. The van der Waals surface area contributed by atoms with Crippen LogP contribution in [0.25, 0.3) is 10.9 Å². The highest BCUT2D eigenvalue weighted by atomic mass is 19.1. The maximum Gasteiger partial charge on any atom is 0.139 e. The Bertz CT molecular complexity index is 513. The van der Waals surface area contributed by atoms with Crippen molar-refractivity contribution in [1.29, 1.82) is 0 Å². The lowest BCUT2D eigenvalue weighted by Gasteiger charge is -2.19. The van der Waals surface area contributed by atoms with Crippen LogP contribution in [0.3, 0.4) is 0 Å². The zero-order valence-corrected chi connectivity index (χ0v) is 10.2. The summed E-state index contributed by atoms with van der Waals surface area (Å²) in [6.45, 7) is 3.06. The van der Waals surface area contributed by atoms with Crippen molar-refractivity contribution in [3.05, 3.63) is 30.3 Å². The molecule has 1 heterocycles. The van der Waals surface area contributed by atoms with E-state index in [2.05, 4.69) is 16.9 Å². The van der Waals surface area contributed by atoms with E-state index in [-0.39, 0.29) is 5.82 Å². The standard InChI is InChI=1S/C13H16FN3/c1-3-4-7-17(2)13-11-8-10(14)5-6-12(11)15-9-16-13/h5-6,8-9H,3-4,7H2,1-2H3. The van der Waals surface area contributed by atoms with Gasteiger partial charge in [-0.15, -0.1) is 0 Å². The van der Waals surface area contributed by atoms with Crippen molar-refractivity contribution in [2.45, 2.75) is 19.8 Å². The third-order valence-electron chi connectivity index (χ3n) is 2.78. The van der Waals surface area contributed by atoms with Gasteiger partial charge in [-0.1, -0.05) is 13.3 Å². The van der Waals surface area contributed by atoms with E-state index in [1.54, 1.807) is 6.07 Å². The monoisotopic (exact) mass is 233 g/mol. The third kappa shape index (κ3) is 2.52. The molecule has 0 radical (unpaired) electrons. The zero-order valence-electron chi connectivity index (χ0n) is 10.2. The van der Waals surface area contributed by atoms with Gasteiger partial charge in [0.1, 0.15) is 18.0 Å². The number of rotatable bonds is 4. The minimum atomic E-state index is -0.252. The van der Waals surface area contributed by atoms with Crippen LogP contribution >= 0.6 is 0 Å². The number of hydrogen-bond acceptors (Lipinski definition) is 3. The van der Waals surface area contributed by atoms with E-state index in [9.17, 15) is 4.39 Å². The number of aromatic nitrogens is 2. The van der Waals surface area contributed by atoms with Gasteiger partial charge in [0.15, 0.2) is 0 Å². The Morgan fingerprint density at radius 1 is 1.29 bits per heavy atom. The van der Waals surface area contributed by atoms with Crippen LogP contribution in [0.4, 0.5) is 10.2 Å². The van der Waals surface area contributed by atoms with Gasteiger partial charge in [-0.3, -0.25) is 0 Å². The Balaban J connectivity index is 2.42. The molecule has 2 aromatic rings. The summed E-state index contributed by atoms with van der Waals surface area (Å²) in [5.41, 5.74) is 0.778. The fourth-order valence-corrected chi connectivity index (χ4v) is 1.82. The lowest BCUT2D eigenvalue weighted by molar-refractivity contribution is 0.629. The number of anilines is 1. The van der Waals surface area contributed by atoms with Crippen LogP contribution in [-0.2, 0) is 0 Å². The molecule has 0 aliphatic carbocycles. The molecule has 0 bridgehead atoms. The molecule has 0 spiro atoms. The number of nitrogens with zero attached hydrogens (tertiary/aromatic N) is 3. The molecular formula is C13H16FN3. The van der Waals surface area contributed by atoms with Crippen molar-refractivity contribution in [3.8, 4) is 0 Å². The summed E-state index contributed by atoms with van der Waals surface area (Å²) in [7, 11) is 1.97. The fourth-order valence-electron chi connectivity index (χ4n) is 1.82. The van der Waals surface area contributed by atoms with E-state index in [4.69, 9.17) is 0 Å². The second-order valence-corrected chi connectivity index (χ2v) is 4.13. The van der Waals surface area contributed by atoms with Gasteiger partial charge < -0.3 is 4.90 Å². The smallest absolute Gasteiger partial charge is 0.139 e. The molecule has 0 atom stereocenters. The van der Waals surface area contributed by atoms with E-state index < -0.39 is 0 Å². The number of fused-ring (bicyclic) bond motifs is 1. The number of unbranched alkanes of at least 4 members (excludes halogenated alkanes) is 1. The maximum absolute atomic E-state index is 13.3. The Hall–Kier alpha value is -1.71. The number of halogens is 1. The number of hydrogen-bond donors (Lipinski definition) is 0. The predicted octanol–water partition coefficient (Wildman–Crippen LogP) is 3.01. The highest BCUT2D eigenvalue weighted by molar-refractivity contribution is 5.89. The SMILES string of the molecule is CCCCN(C)c1ncnc2ccc(F)cc12. The molecule has 2 rings (SSSR count). The van der Waals surface area contributed by atoms with Crippen LogP contribution < -0.4 is 4.90 Å². The molecule has 1 aromatic carbocycles. The van der Waals surface area contributed by atoms with Crippen LogP contribution in [0.5, 0.6) is 0 Å². The molecule has 4 heteroatoms. The Labute approximate surface area is 100 Å². The normalized spacial score (nSPS) is 10.8. The summed E-state index contributed by atoms with van der Waals surface area (Å²) in [5, 5.41) is 0.770. The van der Waals surface area contributed by atoms with Crippen LogP contribution in [0.1, 0.15) is 19.8 Å². The van der Waals surface area contributed by atoms with Gasteiger partial charge in [-0.2, -0.15) is 0 Å². The van der Waals surface area contributed by atoms with Crippen molar-refractivity contribution in [2.75, 3.05) is 18.5 Å². The van der Waals surface area contributed by atoms with E-state index >= 15 is 0 Å². The van der Waals surface area contributed by atoms with Crippen molar-refractivity contribution >= 4 is 16.7 Å². The van der Waals surface area contributed by atoms with Crippen LogP contribution in [0.15, 0.2) is 24.5 Å². The topological polar surface area (TPSA) is 29.0 Å². The summed E-state index contributed by atoms with van der Waals surface area (Å²) < 4.78 is 13.3. The average Bonchev–Trinajstić information content (AvgIpc) is 2.35. The van der Waals surface area contributed by atoms with Gasteiger partial charge in [0.25, 0.3) is 0 Å². The van der Waals surface area contributed by atoms with Gasteiger partial charge in [0.2, 0.25) is 0 Å². The quantitative estimate of drug-likeness (QED) is 0.812. The van der Waals surface area contributed by atoms with Gasteiger partial charge in [-0.05, 0) is 24.6 Å². The predicted molar refractivity (Wildman–Crippen MR) is 67.7 cm³/mol. The molecule has 0 saturated carbocycles.